The molecule has 20 heteroatoms. The van der Waals surface area contributed by atoms with Gasteiger partial charge in [-0.25, -0.2) is 9.50 Å². The molecule has 4 amide bonds. The molecule has 2 aliphatic heterocycles. The van der Waals surface area contributed by atoms with Crippen molar-refractivity contribution in [2.45, 2.75) is 104 Å². The smallest absolute Gasteiger partial charge is 0.246 e. The Morgan fingerprint density at radius 2 is 1.65 bits per heavy atom. The zero-order valence-electron chi connectivity index (χ0n) is 41.5. The summed E-state index contributed by atoms with van der Waals surface area (Å²) in [7, 11) is 0. The summed E-state index contributed by atoms with van der Waals surface area (Å²) < 4.78 is 1.77. The Labute approximate surface area is 426 Å². The van der Waals surface area contributed by atoms with Gasteiger partial charge in [0.25, 0.3) is 0 Å². The summed E-state index contributed by atoms with van der Waals surface area (Å²) in [5.41, 5.74) is 8.54. The van der Waals surface area contributed by atoms with E-state index in [0.29, 0.717) is 57.4 Å². The second-order valence-corrected chi connectivity index (χ2v) is 22.3. The quantitative estimate of drug-likeness (QED) is 0.0997. The molecule has 0 bridgehead atoms. The van der Waals surface area contributed by atoms with Crippen LogP contribution < -0.4 is 20.9 Å². The van der Waals surface area contributed by atoms with Crippen LogP contribution in [0.5, 0.6) is 0 Å². The molecule has 7 heterocycles. The lowest BCUT2D eigenvalue weighted by Gasteiger charge is -2.38. The molecular formula is C52H61N13O5S2. The van der Waals surface area contributed by atoms with Gasteiger partial charge in [0.05, 0.1) is 56.4 Å². The largest absolute Gasteiger partial charge is 0.391 e. The molecule has 5 aromatic heterocycles. The molecule has 3 atom stereocenters. The van der Waals surface area contributed by atoms with E-state index in [9.17, 15) is 29.5 Å². The highest BCUT2D eigenvalue weighted by atomic mass is 32.1. The summed E-state index contributed by atoms with van der Waals surface area (Å²) in [6, 6.07) is 16.0. The zero-order chi connectivity index (χ0) is 50.8. The van der Waals surface area contributed by atoms with Crippen LogP contribution in [0, 0.1) is 35.5 Å². The van der Waals surface area contributed by atoms with Crippen LogP contribution in [-0.4, -0.2) is 125 Å². The van der Waals surface area contributed by atoms with Crippen LogP contribution in [-0.2, 0) is 25.7 Å². The molecule has 1 aromatic carbocycles. The number of pyridine rings is 1. The van der Waals surface area contributed by atoms with Gasteiger partial charge >= 0.3 is 0 Å². The minimum atomic E-state index is -0.931. The monoisotopic (exact) mass is 1010 g/mol. The van der Waals surface area contributed by atoms with E-state index in [2.05, 4.69) is 61.0 Å². The van der Waals surface area contributed by atoms with Gasteiger partial charge in [-0.05, 0) is 87.3 Å². The van der Waals surface area contributed by atoms with Gasteiger partial charge in [0.15, 0.2) is 5.01 Å². The third-order valence-corrected chi connectivity index (χ3v) is 15.9. The molecule has 376 valence electrons. The normalized spacial score (nSPS) is 19.8. The predicted molar refractivity (Wildman–Crippen MR) is 277 cm³/mol. The lowest BCUT2D eigenvalue weighted by atomic mass is 9.80. The average Bonchev–Trinajstić information content (AvgIpc) is 4.21. The Kier molecular flexibility index (Phi) is 14.7. The number of aryl methyl sites for hydroxylation is 1. The highest BCUT2D eigenvalue weighted by molar-refractivity contribution is 7.18. The summed E-state index contributed by atoms with van der Waals surface area (Å²) in [4.78, 5) is 71.5. The number of fused-ring (bicyclic) bond motifs is 1. The van der Waals surface area contributed by atoms with Crippen molar-refractivity contribution >= 4 is 62.6 Å². The molecular weight excluding hydrogens is 951 g/mol. The Balaban J connectivity index is 0.763. The number of anilines is 2. The first-order valence-corrected chi connectivity index (χ1v) is 26.3. The number of likely N-dealkylation sites (tertiary alicyclic amines) is 1. The summed E-state index contributed by atoms with van der Waals surface area (Å²) in [6.45, 7) is 14.3. The van der Waals surface area contributed by atoms with E-state index >= 15 is 0 Å². The molecule has 6 aromatic rings. The SMILES string of the molecule is Cc1ncsc1-c1ccc(CNC(=O)[C@@H]2C[C@@H](O)CN2C(=O)C(NC(=O)C2CCC(C(=O)N3CCN(c4nnc(-c5cnc(-c6ccc7cc(C#N)cnn67)cc5NC(C)C)s4)CC3)CC2)C(C)(C)C)cc1. The topological polar surface area (TPSA) is 227 Å². The van der Waals surface area contributed by atoms with E-state index in [1.165, 1.54) is 22.4 Å². The molecule has 1 unspecified atom stereocenters. The molecule has 1 saturated carbocycles. The summed E-state index contributed by atoms with van der Waals surface area (Å²) >= 11 is 3.06. The molecule has 72 heavy (non-hydrogen) atoms. The van der Waals surface area contributed by atoms with Crippen LogP contribution in [0.15, 0.2) is 66.4 Å². The number of nitrogens with one attached hydrogen (secondary N) is 3. The van der Waals surface area contributed by atoms with E-state index < -0.39 is 29.5 Å². The minimum Gasteiger partial charge on any atom is -0.391 e. The molecule has 0 radical (unpaired) electrons. The molecule has 3 fully saturated rings. The third-order valence-electron chi connectivity index (χ3n) is 13.9. The number of hydrogen-bond acceptors (Lipinski definition) is 15. The predicted octanol–water partition coefficient (Wildman–Crippen LogP) is 6.30. The number of nitriles is 1. The first kappa shape index (κ1) is 50.1. The number of aliphatic hydroxyl groups is 1. The van der Waals surface area contributed by atoms with E-state index in [4.69, 9.17) is 4.98 Å². The summed E-state index contributed by atoms with van der Waals surface area (Å²) in [5, 5.41) is 44.7. The van der Waals surface area contributed by atoms with Gasteiger partial charge in [0.2, 0.25) is 28.8 Å². The molecule has 4 N–H and O–H groups in total. The second-order valence-electron chi connectivity index (χ2n) is 20.5. The van der Waals surface area contributed by atoms with Crippen molar-refractivity contribution in [2.75, 3.05) is 42.9 Å². The Morgan fingerprint density at radius 3 is 2.33 bits per heavy atom. The fourth-order valence-corrected chi connectivity index (χ4v) is 11.7. The number of β-amino-alcohol motifs (C(OH)–C–C–N with tert-alkyl or cyclic N) is 1. The molecule has 3 aliphatic rings. The van der Waals surface area contributed by atoms with Crippen molar-refractivity contribution < 1.29 is 24.3 Å². The fourth-order valence-electron chi connectivity index (χ4n) is 9.92. The number of piperazine rings is 1. The van der Waals surface area contributed by atoms with Crippen LogP contribution in [0.1, 0.15) is 83.5 Å². The van der Waals surface area contributed by atoms with Gasteiger partial charge in [-0.3, -0.25) is 24.2 Å². The fraction of sp³-hybridized carbons (Fsp3) is 0.462. The van der Waals surface area contributed by atoms with Gasteiger partial charge < -0.3 is 35.8 Å². The molecule has 18 nitrogen and oxygen atoms in total. The van der Waals surface area contributed by atoms with E-state index in [1.54, 1.807) is 28.1 Å². The van der Waals surface area contributed by atoms with Crippen molar-refractivity contribution in [3.05, 3.63) is 83.3 Å². The van der Waals surface area contributed by atoms with Crippen molar-refractivity contribution in [3.8, 4) is 38.5 Å². The van der Waals surface area contributed by atoms with E-state index in [1.807, 2.05) is 80.6 Å². The van der Waals surface area contributed by atoms with Crippen molar-refractivity contribution in [2.24, 2.45) is 17.3 Å². The molecule has 2 saturated heterocycles. The van der Waals surface area contributed by atoms with E-state index in [-0.39, 0.29) is 55.1 Å². The lowest BCUT2D eigenvalue weighted by molar-refractivity contribution is -0.145. The number of aliphatic hydroxyl groups excluding tert-OH is 1. The van der Waals surface area contributed by atoms with Gasteiger partial charge in [-0.15, -0.1) is 21.5 Å². The number of aromatic nitrogens is 6. The van der Waals surface area contributed by atoms with Gasteiger partial charge in [0.1, 0.15) is 18.2 Å². The summed E-state index contributed by atoms with van der Waals surface area (Å²) in [6.07, 6.45) is 4.75. The number of hydrogen-bond donors (Lipinski definition) is 4. The second kappa shape index (κ2) is 21.1. The van der Waals surface area contributed by atoms with Crippen LogP contribution in [0.3, 0.4) is 0 Å². The minimum absolute atomic E-state index is 0.00532. The van der Waals surface area contributed by atoms with Crippen molar-refractivity contribution in [3.63, 3.8) is 0 Å². The number of amides is 4. The van der Waals surface area contributed by atoms with Crippen LogP contribution in [0.2, 0.25) is 0 Å². The number of thiazole rings is 1. The highest BCUT2D eigenvalue weighted by Gasteiger charge is 2.45. The zero-order valence-corrected chi connectivity index (χ0v) is 43.1. The van der Waals surface area contributed by atoms with Gasteiger partial charge in [-0.1, -0.05) is 56.4 Å². The Bertz CT molecular complexity index is 2990. The maximum absolute atomic E-state index is 14.3. The first-order chi connectivity index (χ1) is 34.5. The number of benzene rings is 1. The Hall–Kier alpha value is -6.82. The van der Waals surface area contributed by atoms with Crippen molar-refractivity contribution in [1.29, 1.82) is 5.26 Å². The molecule has 0 spiro atoms. The maximum atomic E-state index is 14.3. The highest BCUT2D eigenvalue weighted by Crippen LogP contribution is 2.37. The number of rotatable bonds is 13. The van der Waals surface area contributed by atoms with Crippen molar-refractivity contribution in [1.82, 2.24) is 50.2 Å². The first-order valence-electron chi connectivity index (χ1n) is 24.6. The maximum Gasteiger partial charge on any atom is 0.246 e. The van der Waals surface area contributed by atoms with Crippen LogP contribution >= 0.6 is 22.7 Å². The number of nitrogens with zero attached hydrogens (tertiary/aromatic N) is 10. The third kappa shape index (κ3) is 10.8. The number of carbonyl (C=O) groups excluding carboxylic acids is 4. The summed E-state index contributed by atoms with van der Waals surface area (Å²) in [5.74, 6) is -1.46. The molecule has 9 rings (SSSR count). The molecule has 1 aliphatic carbocycles. The van der Waals surface area contributed by atoms with Gasteiger partial charge in [0, 0.05) is 75.5 Å². The van der Waals surface area contributed by atoms with Crippen LogP contribution in [0.4, 0.5) is 10.8 Å². The standard InChI is InChI=1S/C52H61N13O5S2/c1-30(2)58-40-23-41(42-16-15-37-21-33(24-53)26-57-65(37)42)54-27-39(40)48-60-61-51(72-48)63-19-17-62(18-20-63)49(69)36-13-11-35(12-14-36)46(67)59-45(52(4,5)6)50(70)64-28-38(66)22-43(64)47(68)55-25-32-7-9-34(10-8-32)44-31(3)56-29-71-44/h7-10,15-16,21,23,26-27,29-30,35-36,38,43,45,66H,11-14,17-20,22,25,28H2,1-6H3,(H,54,58)(H,55,68)(H,59,67)/t35?,36?,38-,43+,45?/m1/s1. The van der Waals surface area contributed by atoms with Gasteiger partial charge in [-0.2, -0.15) is 10.4 Å². The average molecular weight is 1010 g/mol. The van der Waals surface area contributed by atoms with Crippen LogP contribution in [0.25, 0.3) is 37.9 Å². The Morgan fingerprint density at radius 1 is 0.917 bits per heavy atom. The van der Waals surface area contributed by atoms with E-state index in [0.717, 1.165) is 60.0 Å². The lowest BCUT2D eigenvalue weighted by Crippen LogP contribution is -2.58. The number of carbonyl (C=O) groups is 4.